The van der Waals surface area contributed by atoms with Crippen molar-refractivity contribution in [3.05, 3.63) is 29.8 Å². The minimum absolute atomic E-state index is 0.422. The number of hydrogen-bond donors (Lipinski definition) is 2. The van der Waals surface area contributed by atoms with Crippen LogP contribution in [0.2, 0.25) is 0 Å². The number of hydrogen-bond acceptors (Lipinski definition) is 4. The van der Waals surface area contributed by atoms with Gasteiger partial charge < -0.3 is 15.2 Å². The van der Waals surface area contributed by atoms with Crippen molar-refractivity contribution in [2.75, 3.05) is 32.6 Å². The first-order chi connectivity index (χ1) is 8.63. The maximum Gasteiger partial charge on any atom is 0.159 e. The Bertz CT molecular complexity index is 366. The summed E-state index contributed by atoms with van der Waals surface area (Å²) in [4.78, 5) is 0.602. The number of benzene rings is 1. The number of aliphatic hydroxyl groups is 1. The monoisotopic (exact) mass is 277 g/mol. The fourth-order valence-electron chi connectivity index (χ4n) is 1.26. The number of rotatable bonds is 8. The first-order valence-electron chi connectivity index (χ1n) is 5.59. The van der Waals surface area contributed by atoms with Crippen LogP contribution in [0, 0.1) is 11.6 Å². The van der Waals surface area contributed by atoms with Gasteiger partial charge >= 0.3 is 0 Å². The lowest BCUT2D eigenvalue weighted by Crippen LogP contribution is -2.30. The van der Waals surface area contributed by atoms with Gasteiger partial charge in [0.2, 0.25) is 0 Å². The van der Waals surface area contributed by atoms with Gasteiger partial charge in [0, 0.05) is 30.8 Å². The summed E-state index contributed by atoms with van der Waals surface area (Å²) in [6.07, 6.45) is -0.542. The molecule has 0 radical (unpaired) electrons. The Kier molecular flexibility index (Phi) is 7.19. The average molecular weight is 277 g/mol. The molecule has 1 aromatic rings. The second-order valence-corrected chi connectivity index (χ2v) is 4.83. The van der Waals surface area contributed by atoms with Gasteiger partial charge in [-0.05, 0) is 18.2 Å². The Labute approximate surface area is 110 Å². The molecule has 0 aliphatic carbocycles. The molecule has 6 heteroatoms. The van der Waals surface area contributed by atoms with E-state index in [1.54, 1.807) is 7.11 Å². The summed E-state index contributed by atoms with van der Waals surface area (Å²) < 4.78 is 30.4. The van der Waals surface area contributed by atoms with E-state index < -0.39 is 17.7 Å². The predicted octanol–water partition coefficient (Wildman–Crippen LogP) is 1.65. The average Bonchev–Trinajstić information content (AvgIpc) is 2.36. The highest BCUT2D eigenvalue weighted by Crippen LogP contribution is 2.20. The molecular weight excluding hydrogens is 260 g/mol. The van der Waals surface area contributed by atoms with E-state index in [0.717, 1.165) is 12.1 Å². The molecule has 18 heavy (non-hydrogen) atoms. The van der Waals surface area contributed by atoms with Gasteiger partial charge in [0.1, 0.15) is 0 Å². The van der Waals surface area contributed by atoms with Gasteiger partial charge in [-0.1, -0.05) is 0 Å². The van der Waals surface area contributed by atoms with Crippen molar-refractivity contribution >= 4 is 11.8 Å². The van der Waals surface area contributed by atoms with Crippen LogP contribution in [0.4, 0.5) is 8.78 Å². The summed E-state index contributed by atoms with van der Waals surface area (Å²) >= 11 is 1.29. The summed E-state index contributed by atoms with van der Waals surface area (Å²) in [6, 6.07) is 3.71. The summed E-state index contributed by atoms with van der Waals surface area (Å²) in [5.74, 6) is -1.31. The van der Waals surface area contributed by atoms with Crippen molar-refractivity contribution in [1.29, 1.82) is 0 Å². The maximum atomic E-state index is 12.9. The highest BCUT2D eigenvalue weighted by molar-refractivity contribution is 7.99. The number of thioether (sulfide) groups is 1. The van der Waals surface area contributed by atoms with Crippen molar-refractivity contribution in [2.24, 2.45) is 0 Å². The van der Waals surface area contributed by atoms with Crippen LogP contribution in [0.25, 0.3) is 0 Å². The van der Waals surface area contributed by atoms with Crippen molar-refractivity contribution < 1.29 is 18.6 Å². The third kappa shape index (κ3) is 5.77. The molecule has 1 aromatic carbocycles. The van der Waals surface area contributed by atoms with Crippen LogP contribution in [0.5, 0.6) is 0 Å². The highest BCUT2D eigenvalue weighted by atomic mass is 32.2. The molecule has 0 aromatic heterocycles. The largest absolute Gasteiger partial charge is 0.391 e. The Hall–Kier alpha value is -0.690. The van der Waals surface area contributed by atoms with E-state index in [1.807, 2.05) is 0 Å². The first-order valence-corrected chi connectivity index (χ1v) is 6.57. The smallest absolute Gasteiger partial charge is 0.159 e. The number of nitrogens with one attached hydrogen (secondary N) is 1. The van der Waals surface area contributed by atoms with E-state index >= 15 is 0 Å². The van der Waals surface area contributed by atoms with Gasteiger partial charge in [-0.25, -0.2) is 8.78 Å². The third-order valence-electron chi connectivity index (χ3n) is 2.20. The zero-order valence-corrected chi connectivity index (χ0v) is 11.0. The van der Waals surface area contributed by atoms with Crippen LogP contribution in [-0.2, 0) is 4.74 Å². The normalized spacial score (nSPS) is 12.7. The molecule has 0 spiro atoms. The lowest BCUT2D eigenvalue weighted by molar-refractivity contribution is 0.175. The number of aliphatic hydroxyl groups excluding tert-OH is 1. The van der Waals surface area contributed by atoms with Crippen LogP contribution in [0.3, 0.4) is 0 Å². The van der Waals surface area contributed by atoms with Gasteiger partial charge in [0.25, 0.3) is 0 Å². The van der Waals surface area contributed by atoms with Gasteiger partial charge in [-0.15, -0.1) is 11.8 Å². The molecule has 1 unspecified atom stereocenters. The van der Waals surface area contributed by atoms with E-state index in [-0.39, 0.29) is 0 Å². The van der Waals surface area contributed by atoms with E-state index in [2.05, 4.69) is 5.32 Å². The molecule has 0 saturated carbocycles. The second-order valence-electron chi connectivity index (χ2n) is 3.74. The molecule has 0 saturated heterocycles. The molecule has 1 rings (SSSR count). The Morgan fingerprint density at radius 2 is 2.17 bits per heavy atom. The molecular formula is C12H17F2NO2S. The Morgan fingerprint density at radius 1 is 1.39 bits per heavy atom. The van der Waals surface area contributed by atoms with Crippen LogP contribution in [0.1, 0.15) is 0 Å². The quantitative estimate of drug-likeness (QED) is 0.560. The zero-order valence-electron chi connectivity index (χ0n) is 10.2. The van der Waals surface area contributed by atoms with Crippen LogP contribution >= 0.6 is 11.8 Å². The van der Waals surface area contributed by atoms with Crippen LogP contribution in [0.15, 0.2) is 23.1 Å². The summed E-state index contributed by atoms with van der Waals surface area (Å²) in [7, 11) is 1.61. The van der Waals surface area contributed by atoms with Crippen molar-refractivity contribution in [2.45, 2.75) is 11.0 Å². The Morgan fingerprint density at radius 3 is 2.83 bits per heavy atom. The molecule has 3 nitrogen and oxygen atoms in total. The maximum absolute atomic E-state index is 12.9. The van der Waals surface area contributed by atoms with Crippen molar-refractivity contribution in [1.82, 2.24) is 5.32 Å². The van der Waals surface area contributed by atoms with E-state index in [4.69, 9.17) is 4.74 Å². The van der Waals surface area contributed by atoms with Gasteiger partial charge in [-0.2, -0.15) is 0 Å². The molecule has 0 bridgehead atoms. The molecule has 0 aliphatic heterocycles. The van der Waals surface area contributed by atoms with E-state index in [1.165, 1.54) is 17.8 Å². The standard InChI is InChI=1S/C12H17F2NO2S/c1-17-5-4-15-7-9(16)8-18-10-2-3-11(13)12(14)6-10/h2-3,6,9,15-16H,4-5,7-8H2,1H3. The lowest BCUT2D eigenvalue weighted by Gasteiger charge is -2.11. The SMILES string of the molecule is COCCNCC(O)CSc1ccc(F)c(F)c1. The zero-order chi connectivity index (χ0) is 13.4. The summed E-state index contributed by atoms with van der Waals surface area (Å²) in [6.45, 7) is 1.70. The minimum atomic E-state index is -0.868. The lowest BCUT2D eigenvalue weighted by atomic mass is 10.3. The topological polar surface area (TPSA) is 41.5 Å². The van der Waals surface area contributed by atoms with Crippen molar-refractivity contribution in [3.8, 4) is 0 Å². The second kappa shape index (κ2) is 8.42. The highest BCUT2D eigenvalue weighted by Gasteiger charge is 2.07. The summed E-state index contributed by atoms with van der Waals surface area (Å²) in [5, 5.41) is 12.7. The van der Waals surface area contributed by atoms with Crippen LogP contribution in [-0.4, -0.2) is 43.8 Å². The number of halogens is 2. The fraction of sp³-hybridized carbons (Fsp3) is 0.500. The Balaban J connectivity index is 2.24. The molecule has 0 amide bonds. The molecule has 0 heterocycles. The molecule has 102 valence electrons. The first kappa shape index (κ1) is 15.4. The van der Waals surface area contributed by atoms with Crippen molar-refractivity contribution in [3.63, 3.8) is 0 Å². The van der Waals surface area contributed by atoms with Crippen LogP contribution < -0.4 is 5.32 Å². The third-order valence-corrected chi connectivity index (χ3v) is 3.34. The predicted molar refractivity (Wildman–Crippen MR) is 67.8 cm³/mol. The summed E-state index contributed by atoms with van der Waals surface area (Å²) in [5.41, 5.74) is 0. The van der Waals surface area contributed by atoms with Gasteiger partial charge in [0.15, 0.2) is 11.6 Å². The molecule has 2 N–H and O–H groups in total. The molecule has 1 atom stereocenters. The fourth-order valence-corrected chi connectivity index (χ4v) is 2.11. The number of ether oxygens (including phenoxy) is 1. The molecule has 0 aliphatic rings. The number of methoxy groups -OCH3 is 1. The molecule has 0 fully saturated rings. The minimum Gasteiger partial charge on any atom is -0.391 e. The van der Waals surface area contributed by atoms with E-state index in [9.17, 15) is 13.9 Å². The van der Waals surface area contributed by atoms with Gasteiger partial charge in [-0.3, -0.25) is 0 Å². The van der Waals surface area contributed by atoms with E-state index in [0.29, 0.717) is 30.3 Å². The van der Waals surface area contributed by atoms with Gasteiger partial charge in [0.05, 0.1) is 12.7 Å².